The molecule has 0 saturated carbocycles. The van der Waals surface area contributed by atoms with E-state index in [1.165, 1.54) is 6.07 Å². The average Bonchev–Trinajstić information content (AvgIpc) is 2.69. The second-order valence-electron chi connectivity index (χ2n) is 8.03. The fourth-order valence-corrected chi connectivity index (χ4v) is 3.13. The Bertz CT molecular complexity index is 702. The van der Waals surface area contributed by atoms with Gasteiger partial charge in [0.15, 0.2) is 5.96 Å². The minimum absolute atomic E-state index is 0.0111. The van der Waals surface area contributed by atoms with E-state index in [0.717, 1.165) is 18.7 Å². The number of morpholine rings is 1. The van der Waals surface area contributed by atoms with Gasteiger partial charge in [-0.05, 0) is 38.5 Å². The van der Waals surface area contributed by atoms with Crippen LogP contribution in [0.5, 0.6) is 0 Å². The summed E-state index contributed by atoms with van der Waals surface area (Å²) in [5, 5.41) is 9.16. The standard InChI is InChI=1S/C21H34FN5O3/c1-21(2,3)30-20(28)25-9-8-24-19(23-4)26-15-18(27-10-12-29-13-11-27)16-6-5-7-17(22)14-16/h5-7,14,18H,8-13,15H2,1-4H3,(H,25,28)(H2,23,24,26). The zero-order valence-corrected chi connectivity index (χ0v) is 18.3. The molecule has 1 saturated heterocycles. The Kier molecular flexibility index (Phi) is 9.32. The zero-order valence-electron chi connectivity index (χ0n) is 18.3. The molecule has 0 aromatic heterocycles. The van der Waals surface area contributed by atoms with Gasteiger partial charge in [-0.3, -0.25) is 9.89 Å². The number of nitrogens with one attached hydrogen (secondary N) is 3. The maximum atomic E-state index is 13.8. The minimum atomic E-state index is -0.527. The predicted molar refractivity (Wildman–Crippen MR) is 115 cm³/mol. The molecule has 9 heteroatoms. The number of guanidine groups is 1. The summed E-state index contributed by atoms with van der Waals surface area (Å²) in [6, 6.07) is 6.68. The third-order valence-electron chi connectivity index (χ3n) is 4.49. The van der Waals surface area contributed by atoms with Crippen LogP contribution in [-0.2, 0) is 9.47 Å². The van der Waals surface area contributed by atoms with Crippen LogP contribution in [0.25, 0.3) is 0 Å². The van der Waals surface area contributed by atoms with Crippen molar-refractivity contribution >= 4 is 12.1 Å². The van der Waals surface area contributed by atoms with Gasteiger partial charge in [0.2, 0.25) is 0 Å². The molecule has 1 aliphatic heterocycles. The summed E-state index contributed by atoms with van der Waals surface area (Å²) in [4.78, 5) is 18.2. The third kappa shape index (κ3) is 8.54. The van der Waals surface area contributed by atoms with Crippen molar-refractivity contribution in [1.82, 2.24) is 20.9 Å². The Morgan fingerprint density at radius 2 is 1.93 bits per heavy atom. The van der Waals surface area contributed by atoms with Gasteiger partial charge < -0.3 is 25.4 Å². The smallest absolute Gasteiger partial charge is 0.407 e. The number of aliphatic imine (C=N–C) groups is 1. The van der Waals surface area contributed by atoms with Crippen LogP contribution < -0.4 is 16.0 Å². The van der Waals surface area contributed by atoms with E-state index in [4.69, 9.17) is 9.47 Å². The topological polar surface area (TPSA) is 87.2 Å². The normalized spacial score (nSPS) is 16.6. The van der Waals surface area contributed by atoms with Gasteiger partial charge in [0.1, 0.15) is 11.4 Å². The summed E-state index contributed by atoms with van der Waals surface area (Å²) in [7, 11) is 1.68. The summed E-state index contributed by atoms with van der Waals surface area (Å²) in [5.74, 6) is 0.358. The number of hydrogen-bond donors (Lipinski definition) is 3. The van der Waals surface area contributed by atoms with Crippen molar-refractivity contribution in [2.24, 2.45) is 4.99 Å². The van der Waals surface area contributed by atoms with Gasteiger partial charge >= 0.3 is 6.09 Å². The van der Waals surface area contributed by atoms with E-state index in [1.54, 1.807) is 19.2 Å². The number of rotatable bonds is 7. The number of ether oxygens (including phenoxy) is 2. The maximum Gasteiger partial charge on any atom is 0.407 e. The number of carbonyl (C=O) groups excluding carboxylic acids is 1. The molecule has 1 atom stereocenters. The molecule has 1 aromatic carbocycles. The monoisotopic (exact) mass is 423 g/mol. The van der Waals surface area contributed by atoms with E-state index < -0.39 is 11.7 Å². The molecule has 30 heavy (non-hydrogen) atoms. The van der Waals surface area contributed by atoms with Gasteiger partial charge in [-0.15, -0.1) is 0 Å². The van der Waals surface area contributed by atoms with E-state index in [1.807, 2.05) is 26.8 Å². The second kappa shape index (κ2) is 11.7. The number of amides is 1. The first-order chi connectivity index (χ1) is 14.3. The molecule has 0 bridgehead atoms. The Hall–Kier alpha value is -2.39. The number of halogens is 1. The molecule has 1 aromatic rings. The zero-order chi connectivity index (χ0) is 22.0. The largest absolute Gasteiger partial charge is 0.444 e. The molecule has 3 N–H and O–H groups in total. The molecular formula is C21H34FN5O3. The lowest BCUT2D eigenvalue weighted by Crippen LogP contribution is -2.47. The number of hydrogen-bond acceptors (Lipinski definition) is 5. The van der Waals surface area contributed by atoms with Crippen molar-refractivity contribution in [2.75, 3.05) is 53.0 Å². The number of carbonyl (C=O) groups is 1. The lowest BCUT2D eigenvalue weighted by Gasteiger charge is -2.35. The van der Waals surface area contributed by atoms with Gasteiger partial charge in [-0.1, -0.05) is 12.1 Å². The quantitative estimate of drug-likeness (QED) is 0.353. The Morgan fingerprint density at radius 3 is 2.57 bits per heavy atom. The van der Waals surface area contributed by atoms with Crippen LogP contribution in [0.2, 0.25) is 0 Å². The van der Waals surface area contributed by atoms with Crippen LogP contribution >= 0.6 is 0 Å². The van der Waals surface area contributed by atoms with Crippen LogP contribution in [0.1, 0.15) is 32.4 Å². The van der Waals surface area contributed by atoms with Crippen LogP contribution in [0.15, 0.2) is 29.3 Å². The van der Waals surface area contributed by atoms with E-state index in [9.17, 15) is 9.18 Å². The first-order valence-electron chi connectivity index (χ1n) is 10.3. The van der Waals surface area contributed by atoms with Crippen molar-refractivity contribution in [3.05, 3.63) is 35.6 Å². The highest BCUT2D eigenvalue weighted by Gasteiger charge is 2.23. The maximum absolute atomic E-state index is 13.8. The fraction of sp³-hybridized carbons (Fsp3) is 0.619. The van der Waals surface area contributed by atoms with Crippen LogP contribution in [-0.4, -0.2) is 75.5 Å². The van der Waals surface area contributed by atoms with Gasteiger partial charge in [0.05, 0.1) is 19.3 Å². The first kappa shape index (κ1) is 23.9. The Balaban J connectivity index is 1.86. The molecule has 1 fully saturated rings. The highest BCUT2D eigenvalue weighted by molar-refractivity contribution is 5.79. The summed E-state index contributed by atoms with van der Waals surface area (Å²) >= 11 is 0. The Morgan fingerprint density at radius 1 is 1.23 bits per heavy atom. The van der Waals surface area contributed by atoms with Crippen LogP contribution in [0.3, 0.4) is 0 Å². The summed E-state index contributed by atoms with van der Waals surface area (Å²) in [6.45, 7) is 9.80. The molecule has 0 aliphatic carbocycles. The lowest BCUT2D eigenvalue weighted by molar-refractivity contribution is 0.0169. The van der Waals surface area contributed by atoms with E-state index in [2.05, 4.69) is 25.8 Å². The molecule has 2 rings (SSSR count). The number of alkyl carbamates (subject to hydrolysis) is 1. The van der Waals surface area contributed by atoms with Crippen molar-refractivity contribution in [3.63, 3.8) is 0 Å². The van der Waals surface area contributed by atoms with Gasteiger partial charge in [-0.2, -0.15) is 0 Å². The molecule has 0 radical (unpaired) electrons. The molecule has 168 valence electrons. The van der Waals surface area contributed by atoms with Gasteiger partial charge in [-0.25, -0.2) is 9.18 Å². The predicted octanol–water partition coefficient (Wildman–Crippen LogP) is 1.89. The molecule has 1 aliphatic rings. The van der Waals surface area contributed by atoms with E-state index >= 15 is 0 Å². The second-order valence-corrected chi connectivity index (χ2v) is 8.03. The molecule has 1 unspecified atom stereocenters. The average molecular weight is 424 g/mol. The number of benzene rings is 1. The fourth-order valence-electron chi connectivity index (χ4n) is 3.13. The van der Waals surface area contributed by atoms with E-state index in [-0.39, 0.29) is 11.9 Å². The molecule has 8 nitrogen and oxygen atoms in total. The summed E-state index contributed by atoms with van der Waals surface area (Å²) < 4.78 is 24.4. The lowest BCUT2D eigenvalue weighted by atomic mass is 10.0. The molecular weight excluding hydrogens is 389 g/mol. The van der Waals surface area contributed by atoms with Crippen molar-refractivity contribution < 1.29 is 18.7 Å². The van der Waals surface area contributed by atoms with Crippen molar-refractivity contribution in [2.45, 2.75) is 32.4 Å². The molecule has 0 spiro atoms. The highest BCUT2D eigenvalue weighted by Crippen LogP contribution is 2.22. The number of nitrogens with zero attached hydrogens (tertiary/aromatic N) is 2. The minimum Gasteiger partial charge on any atom is -0.444 e. The summed E-state index contributed by atoms with van der Waals surface area (Å²) in [5.41, 5.74) is 0.381. The third-order valence-corrected chi connectivity index (χ3v) is 4.49. The summed E-state index contributed by atoms with van der Waals surface area (Å²) in [6.07, 6.45) is -0.453. The molecule has 1 heterocycles. The SMILES string of the molecule is CN=C(NCCNC(=O)OC(C)(C)C)NCC(c1cccc(F)c1)N1CCOCC1. The van der Waals surface area contributed by atoms with Gasteiger partial charge in [0, 0.05) is 39.8 Å². The molecule has 1 amide bonds. The van der Waals surface area contributed by atoms with Crippen molar-refractivity contribution in [1.29, 1.82) is 0 Å². The van der Waals surface area contributed by atoms with Crippen LogP contribution in [0, 0.1) is 5.82 Å². The first-order valence-corrected chi connectivity index (χ1v) is 10.3. The Labute approximate surface area is 178 Å². The van der Waals surface area contributed by atoms with Crippen LogP contribution in [0.4, 0.5) is 9.18 Å². The van der Waals surface area contributed by atoms with E-state index in [0.29, 0.717) is 38.8 Å². The highest BCUT2D eigenvalue weighted by atomic mass is 19.1. The van der Waals surface area contributed by atoms with Gasteiger partial charge in [0.25, 0.3) is 0 Å². The van der Waals surface area contributed by atoms with Crippen molar-refractivity contribution in [3.8, 4) is 0 Å².